The van der Waals surface area contributed by atoms with Crippen LogP contribution in [-0.2, 0) is 25.7 Å². The summed E-state index contributed by atoms with van der Waals surface area (Å²) in [5, 5.41) is 7.98. The Bertz CT molecular complexity index is 190. The van der Waals surface area contributed by atoms with Crippen molar-refractivity contribution in [3.63, 3.8) is 0 Å². The van der Waals surface area contributed by atoms with Gasteiger partial charge in [0.25, 0.3) is 11.3 Å². The summed E-state index contributed by atoms with van der Waals surface area (Å²) < 4.78 is 17.7. The van der Waals surface area contributed by atoms with Crippen LogP contribution in [0.15, 0.2) is 0 Å². The smallest absolute Gasteiger partial charge is 0.337 e. The number of nitrogens with one attached hydrogen (secondary N) is 1. The molecule has 0 rings (SSSR count). The molecule has 0 aromatic rings. The summed E-state index contributed by atoms with van der Waals surface area (Å²) in [6, 6.07) is 0. The van der Waals surface area contributed by atoms with E-state index >= 15 is 0 Å². The summed E-state index contributed by atoms with van der Waals surface area (Å²) >= 11 is -2.49. The van der Waals surface area contributed by atoms with Crippen LogP contribution in [0.1, 0.15) is 6.42 Å². The molecule has 1 unspecified atom stereocenters. The molecule has 0 aromatic heterocycles. The zero-order valence-corrected chi connectivity index (χ0v) is 5.96. The lowest BCUT2D eigenvalue weighted by Gasteiger charge is -1.97. The SMILES string of the molecule is O=C(O)CC(=O)ONS(=O)O. The van der Waals surface area contributed by atoms with Gasteiger partial charge in [-0.1, -0.05) is 0 Å². The van der Waals surface area contributed by atoms with E-state index in [-0.39, 0.29) is 0 Å². The number of rotatable bonds is 4. The molecule has 11 heavy (non-hydrogen) atoms. The first-order valence-corrected chi connectivity index (χ1v) is 3.41. The lowest BCUT2D eigenvalue weighted by atomic mass is 10.5. The molecule has 0 aliphatic rings. The van der Waals surface area contributed by atoms with E-state index in [1.807, 2.05) is 0 Å². The van der Waals surface area contributed by atoms with Crippen molar-refractivity contribution in [1.29, 1.82) is 0 Å². The third-order valence-electron chi connectivity index (χ3n) is 0.522. The van der Waals surface area contributed by atoms with E-state index in [1.54, 1.807) is 0 Å². The van der Waals surface area contributed by atoms with Crippen LogP contribution in [-0.4, -0.2) is 25.8 Å². The van der Waals surface area contributed by atoms with Crippen LogP contribution in [0, 0.1) is 0 Å². The first-order valence-electron chi connectivity index (χ1n) is 2.30. The van der Waals surface area contributed by atoms with E-state index in [4.69, 9.17) is 9.66 Å². The van der Waals surface area contributed by atoms with Gasteiger partial charge in [0.05, 0.1) is 0 Å². The maximum atomic E-state index is 10.2. The largest absolute Gasteiger partial charge is 0.481 e. The number of hydrogen-bond donors (Lipinski definition) is 3. The average Bonchev–Trinajstić information content (AvgIpc) is 1.82. The Kier molecular flexibility index (Phi) is 4.34. The second kappa shape index (κ2) is 4.77. The number of aliphatic carboxylic acids is 1. The predicted molar refractivity (Wildman–Crippen MR) is 32.3 cm³/mol. The molecule has 7 nitrogen and oxygen atoms in total. The Labute approximate surface area is 63.7 Å². The topological polar surface area (TPSA) is 113 Å². The van der Waals surface area contributed by atoms with Crippen molar-refractivity contribution in [2.75, 3.05) is 0 Å². The van der Waals surface area contributed by atoms with E-state index in [0.29, 0.717) is 0 Å². The summed E-state index contributed by atoms with van der Waals surface area (Å²) in [4.78, 5) is 25.2. The van der Waals surface area contributed by atoms with Gasteiger partial charge in [-0.05, 0) is 4.89 Å². The number of carboxylic acids is 1. The molecule has 0 heterocycles. The molecule has 0 radical (unpaired) electrons. The van der Waals surface area contributed by atoms with Crippen LogP contribution in [0.3, 0.4) is 0 Å². The fraction of sp³-hybridized carbons (Fsp3) is 0.333. The zero-order chi connectivity index (χ0) is 8.85. The van der Waals surface area contributed by atoms with E-state index in [1.165, 1.54) is 4.89 Å². The van der Waals surface area contributed by atoms with E-state index < -0.39 is 29.6 Å². The molecule has 0 amide bonds. The highest BCUT2D eigenvalue weighted by atomic mass is 32.2. The third-order valence-corrected chi connectivity index (χ3v) is 0.748. The number of carbonyl (C=O) groups excluding carboxylic acids is 1. The van der Waals surface area contributed by atoms with Crippen molar-refractivity contribution < 1.29 is 28.3 Å². The fourth-order valence-corrected chi connectivity index (χ4v) is 0.406. The Morgan fingerprint density at radius 3 is 2.45 bits per heavy atom. The minimum Gasteiger partial charge on any atom is -0.481 e. The normalized spacial score (nSPS) is 12.1. The Morgan fingerprint density at radius 1 is 1.55 bits per heavy atom. The molecule has 0 saturated heterocycles. The first kappa shape index (κ1) is 10.0. The number of hydrogen-bond acceptors (Lipinski definition) is 4. The molecule has 0 aliphatic carbocycles. The standard InChI is InChI=1S/C3H5NO6S/c5-2(6)1-3(7)10-4-11(8)9/h4H,1H2,(H,5,6)(H,8,9). The van der Waals surface area contributed by atoms with Gasteiger partial charge in [-0.25, -0.2) is 9.00 Å². The maximum absolute atomic E-state index is 10.2. The average molecular weight is 183 g/mol. The van der Waals surface area contributed by atoms with Crippen LogP contribution >= 0.6 is 0 Å². The third kappa shape index (κ3) is 6.90. The number of carboxylic acid groups (broad SMARTS) is 1. The van der Waals surface area contributed by atoms with Crippen molar-refractivity contribution in [3.8, 4) is 0 Å². The zero-order valence-electron chi connectivity index (χ0n) is 5.14. The molecule has 64 valence electrons. The number of carbonyl (C=O) groups is 2. The second-order valence-corrected chi connectivity index (χ2v) is 2.04. The van der Waals surface area contributed by atoms with E-state index in [2.05, 4.69) is 4.84 Å². The maximum Gasteiger partial charge on any atom is 0.337 e. The van der Waals surface area contributed by atoms with Gasteiger partial charge in [-0.3, -0.25) is 9.35 Å². The van der Waals surface area contributed by atoms with Crippen molar-refractivity contribution in [3.05, 3.63) is 0 Å². The Balaban J connectivity index is 3.53. The van der Waals surface area contributed by atoms with Crippen LogP contribution in [0.2, 0.25) is 0 Å². The molecule has 0 aliphatic heterocycles. The molecule has 8 heteroatoms. The predicted octanol–water partition coefficient (Wildman–Crippen LogP) is -1.35. The monoisotopic (exact) mass is 183 g/mol. The van der Waals surface area contributed by atoms with Crippen LogP contribution in [0.25, 0.3) is 0 Å². The Morgan fingerprint density at radius 2 is 2.09 bits per heavy atom. The highest BCUT2D eigenvalue weighted by Crippen LogP contribution is 1.82. The molecular weight excluding hydrogens is 178 g/mol. The van der Waals surface area contributed by atoms with Crippen LogP contribution in [0.5, 0.6) is 0 Å². The van der Waals surface area contributed by atoms with Gasteiger partial charge in [0.1, 0.15) is 6.42 Å². The van der Waals surface area contributed by atoms with E-state index in [9.17, 15) is 13.8 Å². The van der Waals surface area contributed by atoms with Gasteiger partial charge >= 0.3 is 11.9 Å². The van der Waals surface area contributed by atoms with Crippen molar-refractivity contribution in [2.24, 2.45) is 0 Å². The van der Waals surface area contributed by atoms with Gasteiger partial charge in [0.15, 0.2) is 0 Å². The summed E-state index contributed by atoms with van der Waals surface area (Å²) in [5.74, 6) is -2.51. The quantitative estimate of drug-likeness (QED) is 0.282. The lowest BCUT2D eigenvalue weighted by molar-refractivity contribution is -0.153. The molecule has 0 saturated carbocycles. The molecular formula is C3H5NO6S. The van der Waals surface area contributed by atoms with Gasteiger partial charge < -0.3 is 9.94 Å². The highest BCUT2D eigenvalue weighted by Gasteiger charge is 2.09. The second-order valence-electron chi connectivity index (χ2n) is 1.38. The first-order chi connectivity index (χ1) is 5.02. The van der Waals surface area contributed by atoms with Gasteiger partial charge in [0, 0.05) is 0 Å². The van der Waals surface area contributed by atoms with Crippen molar-refractivity contribution in [2.45, 2.75) is 6.42 Å². The summed E-state index contributed by atoms with van der Waals surface area (Å²) in [5.41, 5.74) is 0. The van der Waals surface area contributed by atoms with Gasteiger partial charge in [-0.15, -0.1) is 0 Å². The molecule has 0 spiro atoms. The molecule has 0 aromatic carbocycles. The fourth-order valence-electron chi connectivity index (χ4n) is 0.242. The molecule has 3 N–H and O–H groups in total. The molecule has 0 bridgehead atoms. The summed E-state index contributed by atoms with van der Waals surface area (Å²) in [7, 11) is 0. The van der Waals surface area contributed by atoms with Crippen molar-refractivity contribution >= 4 is 23.2 Å². The highest BCUT2D eigenvalue weighted by molar-refractivity contribution is 7.76. The summed E-state index contributed by atoms with van der Waals surface area (Å²) in [6.45, 7) is 0. The lowest BCUT2D eigenvalue weighted by Crippen LogP contribution is -2.23. The van der Waals surface area contributed by atoms with E-state index in [0.717, 1.165) is 0 Å². The molecule has 0 fully saturated rings. The van der Waals surface area contributed by atoms with Gasteiger partial charge in [-0.2, -0.15) is 0 Å². The van der Waals surface area contributed by atoms with Crippen molar-refractivity contribution in [1.82, 2.24) is 4.89 Å². The Hall–Kier alpha value is -0.990. The van der Waals surface area contributed by atoms with Crippen LogP contribution in [0.4, 0.5) is 0 Å². The molecule has 1 atom stereocenters. The summed E-state index contributed by atoms with van der Waals surface area (Å²) in [6.07, 6.45) is -0.857. The minimum atomic E-state index is -2.49. The van der Waals surface area contributed by atoms with Gasteiger partial charge in [0.2, 0.25) is 0 Å². The van der Waals surface area contributed by atoms with Crippen LogP contribution < -0.4 is 4.89 Å². The minimum absolute atomic E-state index is 0.857.